The Kier molecular flexibility index (Phi) is 6.74. The van der Waals surface area contributed by atoms with Gasteiger partial charge in [-0.3, -0.25) is 9.59 Å². The number of ether oxygens (including phenoxy) is 2. The molecule has 1 unspecified atom stereocenters. The third-order valence-corrected chi connectivity index (χ3v) is 4.89. The molecule has 2 aromatic rings. The van der Waals surface area contributed by atoms with E-state index in [2.05, 4.69) is 0 Å². The van der Waals surface area contributed by atoms with Crippen LogP contribution in [0.15, 0.2) is 54.1 Å². The van der Waals surface area contributed by atoms with Crippen molar-refractivity contribution >= 4 is 17.4 Å². The topological polar surface area (TPSA) is 96.3 Å². The highest BCUT2D eigenvalue weighted by Gasteiger charge is 2.45. The number of carbonyl (C=O) groups excluding carboxylic acids is 2. The van der Waals surface area contributed by atoms with Crippen molar-refractivity contribution in [1.82, 2.24) is 4.90 Å². The van der Waals surface area contributed by atoms with Crippen LogP contribution in [0.25, 0.3) is 5.76 Å². The molecule has 7 heteroatoms. The Hall–Kier alpha value is -3.32. The van der Waals surface area contributed by atoms with Crippen LogP contribution in [0.2, 0.25) is 0 Å². The molecule has 7 nitrogen and oxygen atoms in total. The number of hydrogen-bond donors (Lipinski definition) is 2. The van der Waals surface area contributed by atoms with Gasteiger partial charge in [0.15, 0.2) is 0 Å². The van der Waals surface area contributed by atoms with Crippen LogP contribution in [0.5, 0.6) is 11.5 Å². The van der Waals surface area contributed by atoms with Crippen LogP contribution in [0.3, 0.4) is 0 Å². The van der Waals surface area contributed by atoms with Crippen LogP contribution in [-0.2, 0) is 14.3 Å². The zero-order valence-corrected chi connectivity index (χ0v) is 17.0. The Morgan fingerprint density at radius 1 is 1.03 bits per heavy atom. The molecule has 30 heavy (non-hydrogen) atoms. The number of ketones is 1. The Labute approximate surface area is 175 Å². The van der Waals surface area contributed by atoms with Crippen molar-refractivity contribution in [3.8, 4) is 11.5 Å². The molecule has 0 aliphatic carbocycles. The van der Waals surface area contributed by atoms with Crippen molar-refractivity contribution in [3.05, 3.63) is 65.2 Å². The first-order chi connectivity index (χ1) is 14.5. The van der Waals surface area contributed by atoms with E-state index in [9.17, 15) is 19.8 Å². The summed E-state index contributed by atoms with van der Waals surface area (Å²) in [5.74, 6) is -0.991. The molecule has 0 spiro atoms. The lowest BCUT2D eigenvalue weighted by Crippen LogP contribution is -2.32. The Balaban J connectivity index is 2.04. The van der Waals surface area contributed by atoms with Gasteiger partial charge in [-0.15, -0.1) is 0 Å². The molecular formula is C23H25NO6. The molecule has 3 rings (SSSR count). The summed E-state index contributed by atoms with van der Waals surface area (Å²) in [6.45, 7) is 3.02. The van der Waals surface area contributed by atoms with E-state index in [1.54, 1.807) is 36.4 Å². The number of aliphatic hydroxyl groups excluding tert-OH is 1. The molecule has 2 N–H and O–H groups in total. The molecule has 1 amide bonds. The van der Waals surface area contributed by atoms with E-state index < -0.39 is 17.7 Å². The standard InChI is InChI=1S/C23H25NO6/c1-3-13-30-18-10-6-16(7-11-18)21(26)19-20(15-4-8-17(25)9-5-15)24(12-14-29-2)23(28)22(19)27/h4-11,20,25-26H,3,12-14H2,1-2H3/b21-19+. The summed E-state index contributed by atoms with van der Waals surface area (Å²) in [7, 11) is 1.51. The minimum atomic E-state index is -0.781. The summed E-state index contributed by atoms with van der Waals surface area (Å²) in [5.41, 5.74) is 1.02. The van der Waals surface area contributed by atoms with Gasteiger partial charge in [-0.2, -0.15) is 0 Å². The van der Waals surface area contributed by atoms with Gasteiger partial charge in [0.25, 0.3) is 11.7 Å². The van der Waals surface area contributed by atoms with Crippen LogP contribution in [-0.4, -0.2) is 53.7 Å². The maximum Gasteiger partial charge on any atom is 0.295 e. The third-order valence-electron chi connectivity index (χ3n) is 4.89. The fourth-order valence-corrected chi connectivity index (χ4v) is 3.39. The first kappa shape index (κ1) is 21.4. The Morgan fingerprint density at radius 2 is 1.70 bits per heavy atom. The number of hydrogen-bond acceptors (Lipinski definition) is 6. The number of amides is 1. The van der Waals surface area contributed by atoms with Crippen molar-refractivity contribution in [1.29, 1.82) is 0 Å². The van der Waals surface area contributed by atoms with Gasteiger partial charge in [-0.1, -0.05) is 19.1 Å². The molecule has 1 aliphatic rings. The summed E-state index contributed by atoms with van der Waals surface area (Å²) in [6, 6.07) is 12.1. The second-order valence-electron chi connectivity index (χ2n) is 6.95. The predicted octanol–water partition coefficient (Wildman–Crippen LogP) is 3.25. The molecule has 0 aromatic heterocycles. The normalized spacial score (nSPS) is 18.1. The van der Waals surface area contributed by atoms with E-state index in [4.69, 9.17) is 9.47 Å². The summed E-state index contributed by atoms with van der Waals surface area (Å²) in [6.07, 6.45) is 0.874. The minimum absolute atomic E-state index is 0.00372. The van der Waals surface area contributed by atoms with Crippen LogP contribution in [0, 0.1) is 0 Å². The summed E-state index contributed by atoms with van der Waals surface area (Å²) >= 11 is 0. The predicted molar refractivity (Wildman–Crippen MR) is 111 cm³/mol. The zero-order valence-electron chi connectivity index (χ0n) is 17.0. The van der Waals surface area contributed by atoms with Crippen molar-refractivity contribution in [2.45, 2.75) is 19.4 Å². The number of phenols is 1. The van der Waals surface area contributed by atoms with Crippen molar-refractivity contribution in [2.24, 2.45) is 0 Å². The van der Waals surface area contributed by atoms with Gasteiger partial charge >= 0.3 is 0 Å². The lowest BCUT2D eigenvalue weighted by atomic mass is 9.95. The number of phenolic OH excluding ortho intramolecular Hbond substituents is 1. The van der Waals surface area contributed by atoms with Crippen LogP contribution >= 0.6 is 0 Å². The molecule has 1 aliphatic heterocycles. The van der Waals surface area contributed by atoms with E-state index in [0.717, 1.165) is 6.42 Å². The van der Waals surface area contributed by atoms with Gasteiger partial charge in [-0.05, 0) is 48.4 Å². The number of carbonyl (C=O) groups is 2. The second-order valence-corrected chi connectivity index (χ2v) is 6.95. The quantitative estimate of drug-likeness (QED) is 0.393. The third kappa shape index (κ3) is 4.31. The Morgan fingerprint density at radius 3 is 2.30 bits per heavy atom. The largest absolute Gasteiger partial charge is 0.508 e. The van der Waals surface area contributed by atoms with E-state index >= 15 is 0 Å². The average Bonchev–Trinajstić information content (AvgIpc) is 3.01. The average molecular weight is 411 g/mol. The lowest BCUT2D eigenvalue weighted by Gasteiger charge is -2.25. The molecule has 158 valence electrons. The fourth-order valence-electron chi connectivity index (χ4n) is 3.39. The molecule has 2 aromatic carbocycles. The van der Waals surface area contributed by atoms with Gasteiger partial charge < -0.3 is 24.6 Å². The number of nitrogens with zero attached hydrogens (tertiary/aromatic N) is 1. The van der Waals surface area contributed by atoms with Gasteiger partial charge in [0.05, 0.1) is 24.8 Å². The van der Waals surface area contributed by atoms with E-state index in [-0.39, 0.29) is 30.2 Å². The number of likely N-dealkylation sites (tertiary alicyclic amines) is 1. The maximum absolute atomic E-state index is 12.8. The van der Waals surface area contributed by atoms with Gasteiger partial charge in [0.2, 0.25) is 0 Å². The number of aromatic hydroxyl groups is 1. The van der Waals surface area contributed by atoms with E-state index in [1.807, 2.05) is 6.92 Å². The lowest BCUT2D eigenvalue weighted by molar-refractivity contribution is -0.140. The monoisotopic (exact) mass is 411 g/mol. The smallest absolute Gasteiger partial charge is 0.295 e. The van der Waals surface area contributed by atoms with Crippen LogP contribution in [0.4, 0.5) is 0 Å². The fraction of sp³-hybridized carbons (Fsp3) is 0.304. The van der Waals surface area contributed by atoms with Gasteiger partial charge in [-0.25, -0.2) is 0 Å². The van der Waals surface area contributed by atoms with E-state index in [1.165, 1.54) is 24.1 Å². The van der Waals surface area contributed by atoms with Crippen molar-refractivity contribution in [2.75, 3.05) is 26.9 Å². The van der Waals surface area contributed by atoms with E-state index in [0.29, 0.717) is 23.5 Å². The SMILES string of the molecule is CCCOc1ccc(/C(O)=C2\C(=O)C(=O)N(CCOC)C2c2ccc(O)cc2)cc1. The molecule has 1 saturated heterocycles. The zero-order chi connectivity index (χ0) is 21.7. The minimum Gasteiger partial charge on any atom is -0.508 e. The molecule has 0 bridgehead atoms. The van der Waals surface area contributed by atoms with Crippen molar-refractivity contribution < 1.29 is 29.3 Å². The maximum atomic E-state index is 12.8. The first-order valence-electron chi connectivity index (χ1n) is 9.77. The second kappa shape index (κ2) is 9.45. The van der Waals surface area contributed by atoms with Crippen LogP contribution in [0.1, 0.15) is 30.5 Å². The molecule has 0 saturated carbocycles. The van der Waals surface area contributed by atoms with Crippen LogP contribution < -0.4 is 4.74 Å². The molecule has 1 fully saturated rings. The number of rotatable bonds is 8. The molecule has 1 heterocycles. The highest BCUT2D eigenvalue weighted by Crippen LogP contribution is 2.39. The molecule has 0 radical (unpaired) electrons. The number of aliphatic hydroxyl groups is 1. The number of benzene rings is 2. The van der Waals surface area contributed by atoms with Gasteiger partial charge in [0.1, 0.15) is 17.3 Å². The Bertz CT molecular complexity index is 933. The molecule has 1 atom stereocenters. The molecular weight excluding hydrogens is 386 g/mol. The first-order valence-corrected chi connectivity index (χ1v) is 9.77. The number of methoxy groups -OCH3 is 1. The van der Waals surface area contributed by atoms with Gasteiger partial charge in [0, 0.05) is 19.2 Å². The summed E-state index contributed by atoms with van der Waals surface area (Å²) in [4.78, 5) is 26.9. The number of Topliss-reactive ketones (excluding diaryl/α,β-unsaturated/α-hetero) is 1. The summed E-state index contributed by atoms with van der Waals surface area (Å²) in [5, 5.41) is 20.6. The summed E-state index contributed by atoms with van der Waals surface area (Å²) < 4.78 is 10.6. The highest BCUT2D eigenvalue weighted by molar-refractivity contribution is 6.46. The van der Waals surface area contributed by atoms with Crippen molar-refractivity contribution in [3.63, 3.8) is 0 Å². The highest BCUT2D eigenvalue weighted by atomic mass is 16.5.